The van der Waals surface area contributed by atoms with Crippen molar-refractivity contribution in [1.29, 1.82) is 0 Å². The number of aromatic nitrogens is 2. The van der Waals surface area contributed by atoms with E-state index in [1.165, 1.54) is 25.0 Å². The van der Waals surface area contributed by atoms with E-state index in [0.717, 1.165) is 56.9 Å². The van der Waals surface area contributed by atoms with Gasteiger partial charge in [-0.25, -0.2) is 9.37 Å². The summed E-state index contributed by atoms with van der Waals surface area (Å²) in [6.07, 6.45) is 11.1. The van der Waals surface area contributed by atoms with E-state index in [0.29, 0.717) is 23.5 Å². The third kappa shape index (κ3) is 5.75. The van der Waals surface area contributed by atoms with Gasteiger partial charge in [-0.3, -0.25) is 4.79 Å². The highest BCUT2D eigenvalue weighted by Gasteiger charge is 2.35. The highest BCUT2D eigenvalue weighted by Crippen LogP contribution is 2.37. The van der Waals surface area contributed by atoms with Crippen molar-refractivity contribution < 1.29 is 13.9 Å². The standard InChI is InChI=1S/C29H36FN3O2/c30-23-16-17-25-26(18-23)33(27(32-25)20-35-19-21-10-4-1-5-11-21)28(22-12-6-2-7-13-22)29(34)31-24-14-8-3-9-15-24/h1,4-5,10-11,16-18,22,24,28H,2-3,6-9,12-15,19-20H2,(H,31,34). The van der Waals surface area contributed by atoms with Crippen LogP contribution in [-0.2, 0) is 22.7 Å². The Morgan fingerprint density at radius 2 is 1.69 bits per heavy atom. The largest absolute Gasteiger partial charge is 0.369 e. The second-order valence-corrected chi connectivity index (χ2v) is 10.2. The Balaban J connectivity index is 1.48. The number of fused-ring (bicyclic) bond motifs is 1. The van der Waals surface area contributed by atoms with Crippen LogP contribution >= 0.6 is 0 Å². The molecule has 2 saturated carbocycles. The first-order valence-electron chi connectivity index (χ1n) is 13.3. The monoisotopic (exact) mass is 477 g/mol. The third-order valence-corrected chi connectivity index (χ3v) is 7.66. The van der Waals surface area contributed by atoms with Gasteiger partial charge in [0.2, 0.25) is 5.91 Å². The molecule has 1 atom stereocenters. The summed E-state index contributed by atoms with van der Waals surface area (Å²) < 4.78 is 22.5. The molecule has 1 N–H and O–H groups in total. The van der Waals surface area contributed by atoms with Crippen LogP contribution in [0.2, 0.25) is 0 Å². The SMILES string of the molecule is O=C(NC1CCCCC1)C(C1CCCCC1)n1c(COCc2ccccc2)nc2ccc(F)cc21. The van der Waals surface area contributed by atoms with Crippen LogP contribution in [0.15, 0.2) is 48.5 Å². The second kappa shape index (κ2) is 11.3. The van der Waals surface area contributed by atoms with Gasteiger partial charge in [0.15, 0.2) is 0 Å². The zero-order valence-corrected chi connectivity index (χ0v) is 20.4. The van der Waals surface area contributed by atoms with Crippen molar-refractivity contribution in [3.63, 3.8) is 0 Å². The molecule has 2 aliphatic rings. The fourth-order valence-corrected chi connectivity index (χ4v) is 5.89. The summed E-state index contributed by atoms with van der Waals surface area (Å²) in [7, 11) is 0. The molecule has 2 aromatic carbocycles. The van der Waals surface area contributed by atoms with E-state index >= 15 is 0 Å². The van der Waals surface area contributed by atoms with E-state index in [1.807, 2.05) is 34.9 Å². The van der Waals surface area contributed by atoms with E-state index in [4.69, 9.17) is 9.72 Å². The Morgan fingerprint density at radius 3 is 2.43 bits per heavy atom. The molecule has 0 radical (unpaired) electrons. The normalized spacial score (nSPS) is 18.5. The van der Waals surface area contributed by atoms with Crippen LogP contribution < -0.4 is 5.32 Å². The Hall–Kier alpha value is -2.73. The average Bonchev–Trinajstić information content (AvgIpc) is 3.23. The molecule has 0 saturated heterocycles. The lowest BCUT2D eigenvalue weighted by Crippen LogP contribution is -2.43. The van der Waals surface area contributed by atoms with E-state index in [-0.39, 0.29) is 30.3 Å². The van der Waals surface area contributed by atoms with Crippen molar-refractivity contribution in [2.75, 3.05) is 0 Å². The number of nitrogens with one attached hydrogen (secondary N) is 1. The number of carbonyl (C=O) groups is 1. The number of halogens is 1. The molecular formula is C29H36FN3O2. The third-order valence-electron chi connectivity index (χ3n) is 7.66. The van der Waals surface area contributed by atoms with Crippen LogP contribution in [-0.4, -0.2) is 21.5 Å². The minimum atomic E-state index is -0.403. The maximum absolute atomic E-state index is 14.4. The molecule has 0 spiro atoms. The average molecular weight is 478 g/mol. The second-order valence-electron chi connectivity index (χ2n) is 10.2. The molecule has 5 nitrogen and oxygen atoms in total. The summed E-state index contributed by atoms with van der Waals surface area (Å²) in [6, 6.07) is 14.5. The fraction of sp³-hybridized carbons (Fsp3) is 0.517. The summed E-state index contributed by atoms with van der Waals surface area (Å²) in [5.41, 5.74) is 2.47. The van der Waals surface area contributed by atoms with E-state index in [9.17, 15) is 9.18 Å². The van der Waals surface area contributed by atoms with Crippen LogP contribution in [0.3, 0.4) is 0 Å². The van der Waals surface area contributed by atoms with E-state index in [1.54, 1.807) is 6.07 Å². The van der Waals surface area contributed by atoms with E-state index < -0.39 is 6.04 Å². The highest BCUT2D eigenvalue weighted by atomic mass is 19.1. The molecule has 35 heavy (non-hydrogen) atoms. The zero-order chi connectivity index (χ0) is 24.0. The maximum atomic E-state index is 14.4. The maximum Gasteiger partial charge on any atom is 0.243 e. The molecule has 2 aliphatic carbocycles. The quantitative estimate of drug-likeness (QED) is 0.405. The van der Waals surface area contributed by atoms with Gasteiger partial charge in [-0.2, -0.15) is 0 Å². The minimum absolute atomic E-state index is 0.0525. The molecule has 1 aromatic heterocycles. The van der Waals surface area contributed by atoms with Gasteiger partial charge in [0.1, 0.15) is 24.3 Å². The predicted octanol–water partition coefficient (Wildman–Crippen LogP) is 6.46. The first-order valence-corrected chi connectivity index (χ1v) is 13.3. The summed E-state index contributed by atoms with van der Waals surface area (Å²) in [5.74, 6) is 0.638. The first kappa shape index (κ1) is 24.0. The van der Waals surface area contributed by atoms with Gasteiger partial charge >= 0.3 is 0 Å². The predicted molar refractivity (Wildman–Crippen MR) is 135 cm³/mol. The summed E-state index contributed by atoms with van der Waals surface area (Å²) in [5, 5.41) is 3.37. The zero-order valence-electron chi connectivity index (χ0n) is 20.4. The molecule has 186 valence electrons. The summed E-state index contributed by atoms with van der Waals surface area (Å²) in [6.45, 7) is 0.728. The van der Waals surface area contributed by atoms with Crippen LogP contribution in [0.1, 0.15) is 81.6 Å². The van der Waals surface area contributed by atoms with Gasteiger partial charge in [-0.15, -0.1) is 0 Å². The number of carbonyl (C=O) groups excluding carboxylic acids is 1. The Labute approximate surface area is 207 Å². The molecule has 0 bridgehead atoms. The lowest BCUT2D eigenvalue weighted by atomic mass is 9.83. The number of nitrogens with zero attached hydrogens (tertiary/aromatic N) is 2. The summed E-state index contributed by atoms with van der Waals surface area (Å²) >= 11 is 0. The molecule has 1 unspecified atom stereocenters. The van der Waals surface area contributed by atoms with Gasteiger partial charge in [-0.1, -0.05) is 68.9 Å². The molecular weight excluding hydrogens is 441 g/mol. The summed E-state index contributed by atoms with van der Waals surface area (Å²) in [4.78, 5) is 18.7. The molecule has 0 aliphatic heterocycles. The van der Waals surface area contributed by atoms with Crippen LogP contribution in [0.25, 0.3) is 11.0 Å². The number of rotatable bonds is 8. The van der Waals surface area contributed by atoms with Crippen LogP contribution in [0.4, 0.5) is 4.39 Å². The Bertz CT molecular complexity index is 1120. The fourth-order valence-electron chi connectivity index (χ4n) is 5.89. The number of amides is 1. The van der Waals surface area contributed by atoms with Gasteiger partial charge in [0, 0.05) is 6.04 Å². The number of hydrogen-bond acceptors (Lipinski definition) is 3. The van der Waals surface area contributed by atoms with Crippen molar-refractivity contribution in [2.24, 2.45) is 5.92 Å². The number of imidazole rings is 1. The lowest BCUT2D eigenvalue weighted by Gasteiger charge is -2.33. The van der Waals surface area contributed by atoms with Gasteiger partial charge in [0.25, 0.3) is 0 Å². The Kier molecular flexibility index (Phi) is 7.77. The minimum Gasteiger partial charge on any atom is -0.369 e. The van der Waals surface area contributed by atoms with Crippen molar-refractivity contribution in [2.45, 2.75) is 89.5 Å². The van der Waals surface area contributed by atoms with Crippen molar-refractivity contribution in [3.8, 4) is 0 Å². The van der Waals surface area contributed by atoms with E-state index in [2.05, 4.69) is 5.32 Å². The van der Waals surface area contributed by atoms with Gasteiger partial charge in [-0.05, 0) is 55.4 Å². The van der Waals surface area contributed by atoms with Crippen LogP contribution in [0.5, 0.6) is 0 Å². The van der Waals surface area contributed by atoms with Crippen molar-refractivity contribution in [3.05, 3.63) is 65.7 Å². The van der Waals surface area contributed by atoms with Crippen molar-refractivity contribution in [1.82, 2.24) is 14.9 Å². The van der Waals surface area contributed by atoms with Crippen molar-refractivity contribution >= 4 is 16.9 Å². The topological polar surface area (TPSA) is 56.2 Å². The molecule has 1 heterocycles. The first-order chi connectivity index (χ1) is 17.2. The van der Waals surface area contributed by atoms with Crippen LogP contribution in [0, 0.1) is 11.7 Å². The molecule has 1 amide bonds. The smallest absolute Gasteiger partial charge is 0.243 e. The number of hydrogen-bond donors (Lipinski definition) is 1. The lowest BCUT2D eigenvalue weighted by molar-refractivity contribution is -0.127. The Morgan fingerprint density at radius 1 is 0.971 bits per heavy atom. The number of ether oxygens (including phenoxy) is 1. The van der Waals surface area contributed by atoms with Gasteiger partial charge in [0.05, 0.1) is 17.6 Å². The molecule has 2 fully saturated rings. The molecule has 5 rings (SSSR count). The highest BCUT2D eigenvalue weighted by molar-refractivity contribution is 5.85. The molecule has 3 aromatic rings. The molecule has 6 heteroatoms. The van der Waals surface area contributed by atoms with Gasteiger partial charge < -0.3 is 14.6 Å². The number of benzene rings is 2.